The van der Waals surface area contributed by atoms with Crippen molar-refractivity contribution in [3.8, 4) is 0 Å². The van der Waals surface area contributed by atoms with Crippen molar-refractivity contribution >= 4 is 101 Å². The standard InChI is InChI=1S/C29H26N2O3.C29H25NO3.ClH.H3NO/c1-3-34-15-14-31-27-12-10-21(19(2)30-33)17-25(27)26-18-24(11-13-28(26)31)29(32)23-9-8-20-6-4-5-7-22(20)16-23;1-3-33-15-14-30-27-12-10-21(19(2)31)17-25(27)26-18-24(11-13-28(26)30)29(32)23-9-8-20-6-4-5-7-22(20)16-23;;1-2/h4-13,16-18,33H,3,14-15H2,1-2H3;4-13,16-18H,3,14-15H2,1-2H3;1H;2H,1H2/b30-19+;;;. The molecule has 0 aliphatic rings. The van der Waals surface area contributed by atoms with Crippen LogP contribution < -0.4 is 5.90 Å². The van der Waals surface area contributed by atoms with Crippen LogP contribution in [0.1, 0.15) is 75.5 Å². The van der Waals surface area contributed by atoms with Gasteiger partial charge in [-0.2, -0.15) is 0 Å². The average molecular weight is 956 g/mol. The molecule has 356 valence electrons. The molecular weight excluding hydrogens is 900 g/mol. The number of halogens is 1. The number of fused-ring (bicyclic) bond motifs is 8. The fourth-order valence-corrected chi connectivity index (χ4v) is 9.07. The fraction of sp³-hybridized carbons (Fsp3) is 0.172. The molecule has 2 aromatic heterocycles. The zero-order valence-corrected chi connectivity index (χ0v) is 40.3. The van der Waals surface area contributed by atoms with E-state index in [1.54, 1.807) is 13.8 Å². The second kappa shape index (κ2) is 22.7. The molecule has 0 amide bonds. The maximum absolute atomic E-state index is 13.4. The Morgan fingerprint density at radius 3 is 1.19 bits per heavy atom. The molecule has 10 rings (SSSR count). The number of nitrogens with two attached hydrogens (primary N) is 1. The van der Waals surface area contributed by atoms with Gasteiger partial charge < -0.3 is 29.0 Å². The topological polar surface area (TPSA) is 158 Å². The summed E-state index contributed by atoms with van der Waals surface area (Å²) < 4.78 is 15.6. The average Bonchev–Trinajstić information content (AvgIpc) is 3.88. The second-order valence-electron chi connectivity index (χ2n) is 16.6. The van der Waals surface area contributed by atoms with Crippen LogP contribution in [0.15, 0.2) is 163 Å². The van der Waals surface area contributed by atoms with Crippen LogP contribution in [0.4, 0.5) is 0 Å². The quantitative estimate of drug-likeness (QED) is 0.0319. The number of benzene rings is 8. The summed E-state index contributed by atoms with van der Waals surface area (Å²) in [4.78, 5) is 38.8. The molecule has 0 bridgehead atoms. The first-order chi connectivity index (χ1) is 33.7. The first kappa shape index (κ1) is 50.4. The Balaban J connectivity index is 0.000000197. The number of nitrogens with zero attached hydrogens (tertiary/aromatic N) is 3. The van der Waals surface area contributed by atoms with Crippen molar-refractivity contribution in [2.75, 3.05) is 26.4 Å². The third-order valence-corrected chi connectivity index (χ3v) is 12.6. The smallest absolute Gasteiger partial charge is 0.193 e. The van der Waals surface area contributed by atoms with Gasteiger partial charge in [-0.1, -0.05) is 84.0 Å². The molecule has 0 unspecified atom stereocenters. The van der Waals surface area contributed by atoms with E-state index in [1.165, 1.54) is 0 Å². The Labute approximate surface area is 411 Å². The number of ether oxygens (including phenoxy) is 2. The molecule has 10 aromatic rings. The summed E-state index contributed by atoms with van der Waals surface area (Å²) in [6, 6.07) is 51.3. The summed E-state index contributed by atoms with van der Waals surface area (Å²) in [6.07, 6.45) is 0. The molecule has 0 aliphatic heterocycles. The van der Waals surface area contributed by atoms with Gasteiger partial charge in [0.15, 0.2) is 17.3 Å². The molecular formula is C58H55ClN4O7. The molecule has 0 saturated carbocycles. The Bertz CT molecular complexity index is 3570. The highest BCUT2D eigenvalue weighted by Crippen LogP contribution is 2.34. The Hall–Kier alpha value is -7.51. The van der Waals surface area contributed by atoms with Crippen LogP contribution in [-0.4, -0.2) is 69.0 Å². The number of oxime groups is 1. The van der Waals surface area contributed by atoms with Gasteiger partial charge in [0.2, 0.25) is 0 Å². The van der Waals surface area contributed by atoms with E-state index in [9.17, 15) is 19.6 Å². The molecule has 0 spiro atoms. The van der Waals surface area contributed by atoms with Gasteiger partial charge in [0.05, 0.1) is 18.9 Å². The van der Waals surface area contributed by atoms with Crippen molar-refractivity contribution in [2.24, 2.45) is 11.1 Å². The number of carbonyl (C=O) groups excluding carboxylic acids is 3. The van der Waals surface area contributed by atoms with Crippen LogP contribution in [0.3, 0.4) is 0 Å². The highest BCUT2D eigenvalue weighted by molar-refractivity contribution is 6.18. The van der Waals surface area contributed by atoms with Crippen LogP contribution in [0.5, 0.6) is 0 Å². The van der Waals surface area contributed by atoms with Crippen LogP contribution >= 0.6 is 12.4 Å². The van der Waals surface area contributed by atoms with Crippen molar-refractivity contribution in [3.05, 3.63) is 191 Å². The van der Waals surface area contributed by atoms with Crippen LogP contribution in [0.25, 0.3) is 65.2 Å². The lowest BCUT2D eigenvalue weighted by molar-refractivity contribution is 0.101. The van der Waals surface area contributed by atoms with Crippen molar-refractivity contribution in [3.63, 3.8) is 0 Å². The number of Topliss-reactive ketones (excluding diaryl/α,β-unsaturated/α-hetero) is 1. The molecule has 8 aromatic carbocycles. The zero-order chi connectivity index (χ0) is 48.6. The minimum atomic E-state index is -0.0133. The number of ketones is 3. The highest BCUT2D eigenvalue weighted by atomic mass is 35.5. The van der Waals surface area contributed by atoms with Gasteiger partial charge in [0, 0.05) is 97.7 Å². The first-order valence-corrected chi connectivity index (χ1v) is 23.0. The van der Waals surface area contributed by atoms with E-state index in [4.69, 9.17) is 14.7 Å². The predicted octanol–water partition coefficient (Wildman–Crippen LogP) is 12.6. The SMILES string of the molecule is CCOCCn1c2ccc(C(=O)c3ccc4ccccc4c3)cc2c2cc(/C(C)=N/O)ccc21.CCOCCn1c2ccc(C(C)=O)cc2c2cc(C(=O)c3ccc4ccccc4c3)ccc21.Cl.NO. The van der Waals surface area contributed by atoms with Crippen molar-refractivity contribution in [1.82, 2.24) is 9.13 Å². The van der Waals surface area contributed by atoms with Gasteiger partial charge in [-0.3, -0.25) is 14.4 Å². The van der Waals surface area contributed by atoms with Gasteiger partial charge in [-0.15, -0.1) is 12.4 Å². The lowest BCUT2D eigenvalue weighted by Gasteiger charge is -2.08. The van der Waals surface area contributed by atoms with E-state index >= 15 is 0 Å². The third-order valence-electron chi connectivity index (χ3n) is 12.6. The molecule has 0 saturated heterocycles. The molecule has 12 heteroatoms. The van der Waals surface area contributed by atoms with Crippen molar-refractivity contribution < 1.29 is 34.3 Å². The van der Waals surface area contributed by atoms with Crippen molar-refractivity contribution in [1.29, 1.82) is 0 Å². The lowest BCUT2D eigenvalue weighted by Crippen LogP contribution is -2.06. The van der Waals surface area contributed by atoms with E-state index in [2.05, 4.69) is 20.2 Å². The molecule has 0 aliphatic carbocycles. The van der Waals surface area contributed by atoms with E-state index in [0.29, 0.717) is 73.0 Å². The molecule has 0 fully saturated rings. The van der Waals surface area contributed by atoms with Crippen LogP contribution in [0, 0.1) is 0 Å². The van der Waals surface area contributed by atoms with E-state index in [1.807, 2.05) is 172 Å². The molecule has 4 N–H and O–H groups in total. The summed E-state index contributed by atoms with van der Waals surface area (Å²) in [6.45, 7) is 11.2. The molecule has 0 radical (unpaired) electrons. The number of hydrogen-bond donors (Lipinski definition) is 3. The molecule has 0 atom stereocenters. The number of rotatable bonds is 14. The molecule has 11 nitrogen and oxygen atoms in total. The minimum absolute atomic E-state index is 0. The van der Waals surface area contributed by atoms with Gasteiger partial charge in [-0.25, -0.2) is 5.90 Å². The number of carbonyl (C=O) groups is 3. The van der Waals surface area contributed by atoms with Gasteiger partial charge >= 0.3 is 0 Å². The Morgan fingerprint density at radius 1 is 0.471 bits per heavy atom. The first-order valence-electron chi connectivity index (χ1n) is 23.0. The normalized spacial score (nSPS) is 11.4. The summed E-state index contributed by atoms with van der Waals surface area (Å²) in [7, 11) is 0. The second-order valence-corrected chi connectivity index (χ2v) is 16.6. The van der Waals surface area contributed by atoms with E-state index in [-0.39, 0.29) is 29.8 Å². The highest BCUT2D eigenvalue weighted by Gasteiger charge is 2.19. The number of hydrogen-bond acceptors (Lipinski definition) is 9. The van der Waals surface area contributed by atoms with Crippen LogP contribution in [-0.2, 0) is 22.6 Å². The number of aromatic nitrogens is 2. The fourth-order valence-electron chi connectivity index (χ4n) is 9.07. The third kappa shape index (κ3) is 10.3. The molecule has 2 heterocycles. The van der Waals surface area contributed by atoms with Gasteiger partial charge in [0.25, 0.3) is 0 Å². The minimum Gasteiger partial charge on any atom is -0.411 e. The summed E-state index contributed by atoms with van der Waals surface area (Å²) in [5, 5.41) is 27.4. The maximum Gasteiger partial charge on any atom is 0.193 e. The van der Waals surface area contributed by atoms with Crippen molar-refractivity contribution in [2.45, 2.75) is 40.8 Å². The molecule has 70 heavy (non-hydrogen) atoms. The largest absolute Gasteiger partial charge is 0.411 e. The maximum atomic E-state index is 13.4. The van der Waals surface area contributed by atoms with Gasteiger partial charge in [-0.05, 0) is 134 Å². The monoisotopic (exact) mass is 954 g/mol. The summed E-state index contributed by atoms with van der Waals surface area (Å²) in [5.74, 6) is 3.50. The zero-order valence-electron chi connectivity index (χ0n) is 39.5. The van der Waals surface area contributed by atoms with Crippen LogP contribution in [0.2, 0.25) is 0 Å². The summed E-state index contributed by atoms with van der Waals surface area (Å²) in [5.41, 5.74) is 8.81. The van der Waals surface area contributed by atoms with E-state index in [0.717, 1.165) is 70.7 Å². The Morgan fingerprint density at radius 2 is 0.800 bits per heavy atom. The van der Waals surface area contributed by atoms with Gasteiger partial charge in [0.1, 0.15) is 0 Å². The summed E-state index contributed by atoms with van der Waals surface area (Å²) >= 11 is 0. The van der Waals surface area contributed by atoms with E-state index < -0.39 is 0 Å². The predicted molar refractivity (Wildman–Crippen MR) is 284 cm³/mol. The lowest BCUT2D eigenvalue weighted by atomic mass is 9.98. The Kier molecular flexibility index (Phi) is 16.4.